The SMILES string of the molecule is C=CC(=O)N1CC(NC(=O)Cn2c(C)c3c4c(c(Cl)ccc42)C(C)c2ccncc2-3)C1. The standard InChI is InChI=1S/C24H23ClN4O2/c1-4-21(31)28-10-15(11-28)27-20(30)12-29-14(3)23-17-9-26-8-7-16(17)13(2)22-18(25)5-6-19(29)24(22)23/h4-9,13,15H,1,10-12H2,2-3H3,(H,27,30). The Balaban J connectivity index is 1.50. The van der Waals surface area contributed by atoms with Gasteiger partial charge >= 0.3 is 0 Å². The van der Waals surface area contributed by atoms with Gasteiger partial charge in [0.2, 0.25) is 11.8 Å². The van der Waals surface area contributed by atoms with Crippen LogP contribution in [0.5, 0.6) is 0 Å². The maximum Gasteiger partial charge on any atom is 0.246 e. The molecule has 1 atom stereocenters. The lowest BCUT2D eigenvalue weighted by Gasteiger charge is -2.38. The van der Waals surface area contributed by atoms with E-state index in [0.29, 0.717) is 13.1 Å². The van der Waals surface area contributed by atoms with Crippen molar-refractivity contribution in [2.24, 2.45) is 0 Å². The number of halogens is 1. The number of nitrogens with zero attached hydrogens (tertiary/aromatic N) is 3. The van der Waals surface area contributed by atoms with E-state index in [9.17, 15) is 9.59 Å². The van der Waals surface area contributed by atoms with Gasteiger partial charge in [-0.2, -0.15) is 0 Å². The number of nitrogens with one attached hydrogen (secondary N) is 1. The summed E-state index contributed by atoms with van der Waals surface area (Å²) < 4.78 is 2.06. The number of carbonyl (C=O) groups is 2. The van der Waals surface area contributed by atoms with Crippen LogP contribution in [-0.2, 0) is 16.1 Å². The van der Waals surface area contributed by atoms with Crippen molar-refractivity contribution >= 4 is 34.3 Å². The molecule has 0 spiro atoms. The predicted molar refractivity (Wildman–Crippen MR) is 121 cm³/mol. The highest BCUT2D eigenvalue weighted by Crippen LogP contribution is 2.49. The third kappa shape index (κ3) is 2.97. The molecule has 158 valence electrons. The lowest BCUT2D eigenvalue weighted by atomic mass is 9.80. The average Bonchev–Trinajstić information content (AvgIpc) is 3.00. The zero-order chi connectivity index (χ0) is 21.9. The minimum Gasteiger partial charge on any atom is -0.348 e. The number of likely N-dealkylation sites (tertiary alicyclic amines) is 1. The van der Waals surface area contributed by atoms with E-state index in [1.165, 1.54) is 11.6 Å². The van der Waals surface area contributed by atoms with Crippen LogP contribution < -0.4 is 5.32 Å². The van der Waals surface area contributed by atoms with Crippen molar-refractivity contribution in [1.82, 2.24) is 19.8 Å². The van der Waals surface area contributed by atoms with E-state index in [-0.39, 0.29) is 30.3 Å². The molecule has 1 aromatic carbocycles. The zero-order valence-corrected chi connectivity index (χ0v) is 18.2. The van der Waals surface area contributed by atoms with Gasteiger partial charge in [0.25, 0.3) is 0 Å². The second kappa shape index (κ2) is 7.24. The lowest BCUT2D eigenvalue weighted by Crippen LogP contribution is -2.61. The molecule has 1 unspecified atom stereocenters. The van der Waals surface area contributed by atoms with Crippen molar-refractivity contribution in [3.63, 3.8) is 0 Å². The number of hydrogen-bond acceptors (Lipinski definition) is 3. The third-order valence-corrected chi connectivity index (χ3v) is 6.87. The lowest BCUT2D eigenvalue weighted by molar-refractivity contribution is -0.133. The fourth-order valence-electron chi connectivity index (χ4n) is 4.97. The summed E-state index contributed by atoms with van der Waals surface area (Å²) in [4.78, 5) is 30.5. The van der Waals surface area contributed by atoms with E-state index in [2.05, 4.69) is 34.4 Å². The smallest absolute Gasteiger partial charge is 0.246 e. The Morgan fingerprint density at radius 1 is 1.32 bits per heavy atom. The molecule has 1 N–H and O–H groups in total. The first-order chi connectivity index (χ1) is 14.9. The number of fused-ring (bicyclic) bond motifs is 2. The van der Waals surface area contributed by atoms with Crippen LogP contribution in [0.4, 0.5) is 0 Å². The topological polar surface area (TPSA) is 67.2 Å². The predicted octanol–water partition coefficient (Wildman–Crippen LogP) is 3.64. The Morgan fingerprint density at radius 3 is 2.84 bits per heavy atom. The zero-order valence-electron chi connectivity index (χ0n) is 17.5. The normalized spacial score (nSPS) is 17.3. The highest BCUT2D eigenvalue weighted by molar-refractivity contribution is 6.33. The molecule has 2 aromatic heterocycles. The molecular formula is C24H23ClN4O2. The fraction of sp³-hybridized carbons (Fsp3) is 0.292. The number of benzene rings is 1. The van der Waals surface area contributed by atoms with E-state index < -0.39 is 0 Å². The molecule has 7 heteroatoms. The van der Waals surface area contributed by atoms with Gasteiger partial charge in [-0.25, -0.2) is 0 Å². The molecule has 1 aliphatic carbocycles. The second-order valence-electron chi connectivity index (χ2n) is 8.30. The van der Waals surface area contributed by atoms with Crippen molar-refractivity contribution in [3.05, 3.63) is 65.1 Å². The third-order valence-electron chi connectivity index (χ3n) is 6.54. The van der Waals surface area contributed by atoms with E-state index in [1.807, 2.05) is 31.5 Å². The second-order valence-corrected chi connectivity index (χ2v) is 8.71. The van der Waals surface area contributed by atoms with Crippen LogP contribution in [0.1, 0.15) is 29.7 Å². The van der Waals surface area contributed by atoms with Gasteiger partial charge in [-0.3, -0.25) is 14.6 Å². The highest BCUT2D eigenvalue weighted by atomic mass is 35.5. The van der Waals surface area contributed by atoms with E-state index in [0.717, 1.165) is 38.3 Å². The number of carbonyl (C=O) groups excluding carboxylic acids is 2. The van der Waals surface area contributed by atoms with Crippen LogP contribution in [0.2, 0.25) is 5.02 Å². The molecule has 1 fully saturated rings. The maximum atomic E-state index is 12.8. The number of pyridine rings is 1. The van der Waals surface area contributed by atoms with Gasteiger partial charge in [-0.1, -0.05) is 25.1 Å². The van der Waals surface area contributed by atoms with Gasteiger partial charge in [-0.15, -0.1) is 0 Å². The molecule has 0 saturated carbocycles. The summed E-state index contributed by atoms with van der Waals surface area (Å²) in [5.74, 6) is -0.0295. The van der Waals surface area contributed by atoms with Crippen LogP contribution in [0.3, 0.4) is 0 Å². The summed E-state index contributed by atoms with van der Waals surface area (Å²) in [6, 6.07) is 5.94. The fourth-order valence-corrected chi connectivity index (χ4v) is 5.29. The summed E-state index contributed by atoms with van der Waals surface area (Å²) in [6.07, 6.45) is 5.02. The Bertz CT molecular complexity index is 1260. The van der Waals surface area contributed by atoms with Crippen molar-refractivity contribution in [1.29, 1.82) is 0 Å². The monoisotopic (exact) mass is 434 g/mol. The van der Waals surface area contributed by atoms with Gasteiger partial charge in [0.05, 0.1) is 6.04 Å². The van der Waals surface area contributed by atoms with Gasteiger partial charge in [-0.05, 0) is 42.3 Å². The first kappa shape index (κ1) is 19.8. The first-order valence-corrected chi connectivity index (χ1v) is 10.7. The van der Waals surface area contributed by atoms with Gasteiger partial charge in [0, 0.05) is 64.1 Å². The Morgan fingerprint density at radius 2 is 2.10 bits per heavy atom. The Hall–Kier alpha value is -3.12. The number of hydrogen-bond donors (Lipinski definition) is 1. The summed E-state index contributed by atoms with van der Waals surface area (Å²) in [6.45, 7) is 8.94. The Labute approximate surface area is 185 Å². The molecule has 3 heterocycles. The van der Waals surface area contributed by atoms with Crippen LogP contribution in [0, 0.1) is 6.92 Å². The van der Waals surface area contributed by atoms with Crippen molar-refractivity contribution in [3.8, 4) is 11.1 Å². The van der Waals surface area contributed by atoms with Crippen molar-refractivity contribution in [2.75, 3.05) is 13.1 Å². The molecule has 6 nitrogen and oxygen atoms in total. The van der Waals surface area contributed by atoms with E-state index >= 15 is 0 Å². The van der Waals surface area contributed by atoms with Crippen molar-refractivity contribution in [2.45, 2.75) is 32.4 Å². The van der Waals surface area contributed by atoms with Crippen LogP contribution in [-0.4, -0.2) is 45.4 Å². The maximum absolute atomic E-state index is 12.8. The molecule has 1 aliphatic heterocycles. The van der Waals surface area contributed by atoms with Gasteiger partial charge in [0.1, 0.15) is 6.54 Å². The van der Waals surface area contributed by atoms with Crippen LogP contribution >= 0.6 is 11.6 Å². The minimum absolute atomic E-state index is 0.0244. The van der Waals surface area contributed by atoms with Gasteiger partial charge in [0.15, 0.2) is 0 Å². The summed E-state index contributed by atoms with van der Waals surface area (Å²) in [7, 11) is 0. The summed E-state index contributed by atoms with van der Waals surface area (Å²) in [5, 5.41) is 4.89. The van der Waals surface area contributed by atoms with Gasteiger partial charge < -0.3 is 14.8 Å². The first-order valence-electron chi connectivity index (χ1n) is 10.4. The van der Waals surface area contributed by atoms with Crippen LogP contribution in [0.15, 0.2) is 43.2 Å². The number of aromatic nitrogens is 2. The van der Waals surface area contributed by atoms with Crippen LogP contribution in [0.25, 0.3) is 22.0 Å². The van der Waals surface area contributed by atoms with Crippen molar-refractivity contribution < 1.29 is 9.59 Å². The molecule has 5 rings (SSSR count). The Kier molecular flexibility index (Phi) is 4.63. The molecule has 2 aliphatic rings. The molecule has 1 saturated heterocycles. The average molecular weight is 435 g/mol. The number of rotatable bonds is 4. The molecular weight excluding hydrogens is 412 g/mol. The summed E-state index contributed by atoms with van der Waals surface area (Å²) in [5.41, 5.74) is 6.53. The largest absolute Gasteiger partial charge is 0.348 e. The molecule has 0 radical (unpaired) electrons. The molecule has 2 amide bonds. The minimum atomic E-state index is -0.105. The van der Waals surface area contributed by atoms with E-state index in [4.69, 9.17) is 11.6 Å². The summed E-state index contributed by atoms with van der Waals surface area (Å²) >= 11 is 6.64. The molecule has 0 bridgehead atoms. The quantitative estimate of drug-likeness (QED) is 0.637. The number of amides is 2. The molecule has 31 heavy (non-hydrogen) atoms. The molecule has 3 aromatic rings. The van der Waals surface area contributed by atoms with E-state index in [1.54, 1.807) is 4.90 Å². The highest BCUT2D eigenvalue weighted by Gasteiger charge is 2.33.